The molecule has 34 heavy (non-hydrogen) atoms. The number of aryl methyl sites for hydroxylation is 1. The van der Waals surface area contributed by atoms with E-state index < -0.39 is 6.10 Å². The van der Waals surface area contributed by atoms with Gasteiger partial charge in [-0.05, 0) is 25.1 Å². The van der Waals surface area contributed by atoms with Crippen LogP contribution in [-0.2, 0) is 18.3 Å². The van der Waals surface area contributed by atoms with Crippen molar-refractivity contribution in [3.05, 3.63) is 72.8 Å². The third kappa shape index (κ3) is 6.70. The molecule has 1 atom stereocenters. The maximum atomic E-state index is 10.5. The third-order valence-electron chi connectivity index (χ3n) is 5.35. The lowest BCUT2D eigenvalue weighted by atomic mass is 10.1. The van der Waals surface area contributed by atoms with Crippen LogP contribution in [0.5, 0.6) is 17.4 Å². The molecule has 0 amide bonds. The second kappa shape index (κ2) is 12.9. The summed E-state index contributed by atoms with van der Waals surface area (Å²) in [6.45, 7) is 8.31. The van der Waals surface area contributed by atoms with E-state index in [-0.39, 0.29) is 6.61 Å². The molecule has 0 saturated carbocycles. The number of ether oxygens (including phenoxy) is 3. The van der Waals surface area contributed by atoms with Crippen molar-refractivity contribution < 1.29 is 19.3 Å². The van der Waals surface area contributed by atoms with Crippen LogP contribution in [0.3, 0.4) is 0 Å². The van der Waals surface area contributed by atoms with Crippen LogP contribution in [0.15, 0.2) is 67.3 Å². The minimum Gasteiger partial charge on any atom is -0.493 e. The molecule has 0 saturated heterocycles. The summed E-state index contributed by atoms with van der Waals surface area (Å²) in [7, 11) is 3.50. The number of methoxy groups -OCH3 is 1. The average molecular weight is 466 g/mol. The van der Waals surface area contributed by atoms with E-state index >= 15 is 0 Å². The number of benzene rings is 2. The van der Waals surface area contributed by atoms with Gasteiger partial charge in [-0.2, -0.15) is 5.10 Å². The summed E-state index contributed by atoms with van der Waals surface area (Å²) in [5.74, 6) is 1.91. The lowest BCUT2D eigenvalue weighted by molar-refractivity contribution is 0.0245. The monoisotopic (exact) mass is 465 g/mol. The molecular formula is C27H35N3O4. The van der Waals surface area contributed by atoms with Gasteiger partial charge in [0.1, 0.15) is 5.69 Å². The Bertz CT molecular complexity index is 1040. The summed E-state index contributed by atoms with van der Waals surface area (Å²) in [5.41, 5.74) is 2.81. The molecule has 0 aliphatic heterocycles. The molecular weight excluding hydrogens is 430 g/mol. The molecule has 1 N–H and O–H groups in total. The van der Waals surface area contributed by atoms with Crippen molar-refractivity contribution in [1.82, 2.24) is 14.7 Å². The molecule has 182 valence electrons. The summed E-state index contributed by atoms with van der Waals surface area (Å²) >= 11 is 0. The number of hydrogen-bond donors (Lipinski definition) is 1. The predicted octanol–water partition coefficient (Wildman–Crippen LogP) is 4.66. The Morgan fingerprint density at radius 3 is 2.50 bits per heavy atom. The fraction of sp³-hybridized carbons (Fsp3) is 0.370. The summed E-state index contributed by atoms with van der Waals surface area (Å²) in [5, 5.41) is 15.4. The smallest absolute Gasteiger partial charge is 0.222 e. The van der Waals surface area contributed by atoms with Crippen molar-refractivity contribution in [1.29, 1.82) is 0 Å². The van der Waals surface area contributed by atoms with E-state index in [1.807, 2.05) is 61.6 Å². The van der Waals surface area contributed by atoms with Crippen LogP contribution in [0, 0.1) is 0 Å². The van der Waals surface area contributed by atoms with Crippen molar-refractivity contribution in [2.24, 2.45) is 7.05 Å². The third-order valence-corrected chi connectivity index (χ3v) is 5.35. The highest BCUT2D eigenvalue weighted by Gasteiger charge is 2.24. The summed E-state index contributed by atoms with van der Waals surface area (Å²) in [6.07, 6.45) is 2.02. The SMILES string of the molecule is C=CCOC[C@H](O)CN(CCC)Cc1c(-c2ccccc2)nn(C)c1Oc1ccccc1OC. The Kier molecular flexibility index (Phi) is 9.70. The van der Waals surface area contributed by atoms with Gasteiger partial charge in [-0.1, -0.05) is 55.5 Å². The van der Waals surface area contributed by atoms with E-state index in [2.05, 4.69) is 18.4 Å². The number of rotatable bonds is 14. The maximum Gasteiger partial charge on any atom is 0.222 e. The zero-order valence-electron chi connectivity index (χ0n) is 20.3. The molecule has 1 heterocycles. The standard InChI is InChI=1S/C27H35N3O4/c1-5-16-30(18-22(31)20-33-17-6-2)19-23-26(21-12-8-7-9-13-21)28-29(3)27(23)34-25-15-11-10-14-24(25)32-4/h6-15,22,31H,2,5,16-20H2,1,3-4H3/t22-/m1/s1. The highest BCUT2D eigenvalue weighted by molar-refractivity contribution is 5.65. The Balaban J connectivity index is 1.95. The van der Waals surface area contributed by atoms with Crippen molar-refractivity contribution in [2.75, 3.05) is 33.4 Å². The van der Waals surface area contributed by atoms with Gasteiger partial charge in [-0.3, -0.25) is 4.90 Å². The summed E-state index contributed by atoms with van der Waals surface area (Å²) in [4.78, 5) is 2.21. The van der Waals surface area contributed by atoms with Gasteiger partial charge in [0, 0.05) is 25.7 Å². The summed E-state index contributed by atoms with van der Waals surface area (Å²) in [6, 6.07) is 17.6. The Morgan fingerprint density at radius 2 is 1.82 bits per heavy atom. The van der Waals surface area contributed by atoms with Gasteiger partial charge in [0.15, 0.2) is 11.5 Å². The Morgan fingerprint density at radius 1 is 1.12 bits per heavy atom. The van der Waals surface area contributed by atoms with Crippen molar-refractivity contribution in [3.63, 3.8) is 0 Å². The van der Waals surface area contributed by atoms with Crippen molar-refractivity contribution >= 4 is 0 Å². The Labute approximate surface area is 202 Å². The molecule has 0 spiro atoms. The number of para-hydroxylation sites is 2. The molecule has 3 aromatic rings. The predicted molar refractivity (Wildman–Crippen MR) is 134 cm³/mol. The van der Waals surface area contributed by atoms with Gasteiger partial charge in [-0.25, -0.2) is 4.68 Å². The highest BCUT2D eigenvalue weighted by atomic mass is 16.5. The number of nitrogens with zero attached hydrogens (tertiary/aromatic N) is 3. The molecule has 7 heteroatoms. The van der Waals surface area contributed by atoms with Crippen molar-refractivity contribution in [2.45, 2.75) is 26.0 Å². The van der Waals surface area contributed by atoms with Gasteiger partial charge in [-0.15, -0.1) is 6.58 Å². The van der Waals surface area contributed by atoms with E-state index in [9.17, 15) is 5.11 Å². The second-order valence-electron chi connectivity index (χ2n) is 8.09. The van der Waals surface area contributed by atoms with Crippen LogP contribution in [0.2, 0.25) is 0 Å². The number of hydrogen-bond acceptors (Lipinski definition) is 6. The van der Waals surface area contributed by atoms with Crippen LogP contribution in [0.25, 0.3) is 11.3 Å². The lowest BCUT2D eigenvalue weighted by Gasteiger charge is -2.25. The number of aromatic nitrogens is 2. The largest absolute Gasteiger partial charge is 0.493 e. The maximum absolute atomic E-state index is 10.5. The molecule has 0 fully saturated rings. The minimum absolute atomic E-state index is 0.259. The van der Waals surface area contributed by atoms with Crippen LogP contribution in [-0.4, -0.2) is 59.3 Å². The molecule has 0 bridgehead atoms. The van der Waals surface area contributed by atoms with Crippen molar-refractivity contribution in [3.8, 4) is 28.6 Å². The van der Waals surface area contributed by atoms with Crippen LogP contribution >= 0.6 is 0 Å². The quantitative estimate of drug-likeness (QED) is 0.276. The van der Waals surface area contributed by atoms with E-state index in [1.165, 1.54) is 0 Å². The van der Waals surface area contributed by atoms with E-state index in [4.69, 9.17) is 19.3 Å². The first kappa shape index (κ1) is 25.5. The topological polar surface area (TPSA) is 69.0 Å². The fourth-order valence-electron chi connectivity index (χ4n) is 3.87. The van der Waals surface area contributed by atoms with Gasteiger partial charge >= 0.3 is 0 Å². The zero-order valence-corrected chi connectivity index (χ0v) is 20.3. The molecule has 0 aliphatic rings. The molecule has 7 nitrogen and oxygen atoms in total. The van der Waals surface area contributed by atoms with E-state index in [1.54, 1.807) is 17.9 Å². The minimum atomic E-state index is -0.609. The normalized spacial score (nSPS) is 12.0. The van der Waals surface area contributed by atoms with Gasteiger partial charge in [0.2, 0.25) is 5.88 Å². The molecule has 0 aliphatic carbocycles. The van der Waals surface area contributed by atoms with Gasteiger partial charge in [0.05, 0.1) is 32.0 Å². The molecule has 3 rings (SSSR count). The fourth-order valence-corrected chi connectivity index (χ4v) is 3.87. The van der Waals surface area contributed by atoms with Crippen LogP contribution in [0.4, 0.5) is 0 Å². The Hall–Kier alpha value is -3.13. The van der Waals surface area contributed by atoms with Gasteiger partial charge < -0.3 is 19.3 Å². The lowest BCUT2D eigenvalue weighted by Crippen LogP contribution is -2.35. The average Bonchev–Trinajstić information content (AvgIpc) is 3.15. The second-order valence-corrected chi connectivity index (χ2v) is 8.09. The first-order chi connectivity index (χ1) is 16.6. The molecule has 1 aromatic heterocycles. The molecule has 0 radical (unpaired) electrons. The number of aliphatic hydroxyl groups is 1. The zero-order chi connectivity index (χ0) is 24.3. The summed E-state index contributed by atoms with van der Waals surface area (Å²) < 4.78 is 19.1. The van der Waals surface area contributed by atoms with Crippen LogP contribution in [0.1, 0.15) is 18.9 Å². The van der Waals surface area contributed by atoms with E-state index in [0.717, 1.165) is 29.8 Å². The molecule has 0 unspecified atom stereocenters. The first-order valence-corrected chi connectivity index (χ1v) is 11.6. The number of aliphatic hydroxyl groups excluding tert-OH is 1. The van der Waals surface area contributed by atoms with E-state index in [0.29, 0.717) is 37.1 Å². The highest BCUT2D eigenvalue weighted by Crippen LogP contribution is 2.37. The molecule has 2 aromatic carbocycles. The first-order valence-electron chi connectivity index (χ1n) is 11.6. The van der Waals surface area contributed by atoms with Gasteiger partial charge in [0.25, 0.3) is 0 Å². The van der Waals surface area contributed by atoms with Crippen LogP contribution < -0.4 is 9.47 Å².